The van der Waals surface area contributed by atoms with E-state index in [0.29, 0.717) is 19.7 Å². The van der Waals surface area contributed by atoms with Gasteiger partial charge in [-0.3, -0.25) is 0 Å². The van der Waals surface area contributed by atoms with Gasteiger partial charge >= 0.3 is 6.18 Å². The normalized spacial score (nSPS) is 13.3. The Hall–Kier alpha value is -3.00. The number of rotatable bonds is 11. The Kier molecular flexibility index (Phi) is 8.71. The van der Waals surface area contributed by atoms with Gasteiger partial charge in [0.05, 0.1) is 12.2 Å². The van der Waals surface area contributed by atoms with Gasteiger partial charge in [0, 0.05) is 23.8 Å². The number of benzene rings is 2. The number of halogens is 4. The second-order valence-corrected chi connectivity index (χ2v) is 10.7. The molecule has 2 aromatic carbocycles. The average molecular weight is 589 g/mol. The Balaban J connectivity index is 1.43. The molecule has 0 radical (unpaired) electrons. The van der Waals surface area contributed by atoms with Crippen LogP contribution >= 0.6 is 15.9 Å². The third-order valence-corrected chi connectivity index (χ3v) is 6.78. The van der Waals surface area contributed by atoms with Crippen LogP contribution in [0.4, 0.5) is 19.0 Å². The number of aromatic nitrogens is 1. The van der Waals surface area contributed by atoms with E-state index in [1.54, 1.807) is 6.20 Å². The molecule has 0 spiro atoms. The molecule has 202 valence electrons. The Morgan fingerprint density at radius 3 is 2.16 bits per heavy atom. The maximum Gasteiger partial charge on any atom is 0.416 e. The van der Waals surface area contributed by atoms with Crippen molar-refractivity contribution in [3.8, 4) is 5.75 Å². The second-order valence-electron chi connectivity index (χ2n) is 9.82. The zero-order valence-electron chi connectivity index (χ0n) is 21.8. The number of anilines is 1. The number of allylic oxidation sites excluding steroid dienone is 1. The molecule has 0 unspecified atom stereocenters. The van der Waals surface area contributed by atoms with Crippen LogP contribution in [0, 0.1) is 0 Å². The third-order valence-electron chi connectivity index (χ3n) is 6.31. The van der Waals surface area contributed by atoms with Gasteiger partial charge in [0.2, 0.25) is 0 Å². The van der Waals surface area contributed by atoms with Crippen LogP contribution in [0.25, 0.3) is 0 Å². The van der Waals surface area contributed by atoms with Crippen LogP contribution in [0.15, 0.2) is 82.7 Å². The van der Waals surface area contributed by atoms with E-state index >= 15 is 0 Å². The molecule has 0 atom stereocenters. The van der Waals surface area contributed by atoms with E-state index in [9.17, 15) is 13.2 Å². The molecule has 38 heavy (non-hydrogen) atoms. The molecule has 1 aliphatic rings. The lowest BCUT2D eigenvalue weighted by Crippen LogP contribution is -2.32. The van der Waals surface area contributed by atoms with Crippen LogP contribution in [0.2, 0.25) is 0 Å². The Bertz CT molecular complexity index is 1230. The van der Waals surface area contributed by atoms with Gasteiger partial charge in [0.25, 0.3) is 0 Å². The SMILES string of the molecule is CCOC(=C1CC1)C(C)(C)Oc1ccc(CCN(Cc2ccc(C(F)(F)F)cc2)c2ccc(Br)cn2)cc1. The predicted molar refractivity (Wildman–Crippen MR) is 147 cm³/mol. The second kappa shape index (κ2) is 11.8. The summed E-state index contributed by atoms with van der Waals surface area (Å²) in [6, 6.07) is 17.1. The Morgan fingerprint density at radius 1 is 0.947 bits per heavy atom. The summed E-state index contributed by atoms with van der Waals surface area (Å²) < 4.78 is 52.0. The molecule has 3 aromatic rings. The molecule has 0 bridgehead atoms. The van der Waals surface area contributed by atoms with Crippen LogP contribution in [-0.2, 0) is 23.9 Å². The largest absolute Gasteiger partial charge is 0.494 e. The summed E-state index contributed by atoms with van der Waals surface area (Å²) in [6.07, 6.45) is 0.233. The van der Waals surface area contributed by atoms with Crippen molar-refractivity contribution in [1.29, 1.82) is 0 Å². The summed E-state index contributed by atoms with van der Waals surface area (Å²) in [5, 5.41) is 0. The van der Waals surface area contributed by atoms with E-state index in [2.05, 4.69) is 25.8 Å². The van der Waals surface area contributed by atoms with Gasteiger partial charge in [-0.15, -0.1) is 0 Å². The first-order valence-electron chi connectivity index (χ1n) is 12.7. The molecule has 4 rings (SSSR count). The summed E-state index contributed by atoms with van der Waals surface area (Å²) in [5.74, 6) is 2.46. The van der Waals surface area contributed by atoms with Crippen molar-refractivity contribution in [2.24, 2.45) is 0 Å². The van der Waals surface area contributed by atoms with Crippen molar-refractivity contribution in [3.05, 3.63) is 99.4 Å². The van der Waals surface area contributed by atoms with Gasteiger partial charge in [-0.05, 0) is 109 Å². The molecular formula is C30H32BrF3N2O2. The van der Waals surface area contributed by atoms with Gasteiger partial charge < -0.3 is 14.4 Å². The third kappa shape index (κ3) is 7.53. The zero-order valence-corrected chi connectivity index (χ0v) is 23.4. The van der Waals surface area contributed by atoms with Crippen LogP contribution < -0.4 is 9.64 Å². The van der Waals surface area contributed by atoms with E-state index < -0.39 is 17.3 Å². The number of hydrogen-bond acceptors (Lipinski definition) is 4. The minimum absolute atomic E-state index is 0.441. The number of alkyl halides is 3. The first-order valence-corrected chi connectivity index (χ1v) is 13.5. The predicted octanol–water partition coefficient (Wildman–Crippen LogP) is 8.35. The van der Waals surface area contributed by atoms with E-state index in [-0.39, 0.29) is 0 Å². The molecule has 0 saturated heterocycles. The molecule has 0 amide bonds. The van der Waals surface area contributed by atoms with Gasteiger partial charge in [-0.2, -0.15) is 13.2 Å². The van der Waals surface area contributed by atoms with Crippen molar-refractivity contribution in [3.63, 3.8) is 0 Å². The van der Waals surface area contributed by atoms with Gasteiger partial charge in [-0.25, -0.2) is 4.98 Å². The van der Waals surface area contributed by atoms with E-state index in [1.165, 1.54) is 17.7 Å². The quantitative estimate of drug-likeness (QED) is 0.211. The molecule has 1 aromatic heterocycles. The fourth-order valence-corrected chi connectivity index (χ4v) is 4.55. The van der Waals surface area contributed by atoms with Crippen molar-refractivity contribution in [2.75, 3.05) is 18.1 Å². The topological polar surface area (TPSA) is 34.6 Å². The highest BCUT2D eigenvalue weighted by molar-refractivity contribution is 9.10. The minimum Gasteiger partial charge on any atom is -0.494 e. The fraction of sp³-hybridized carbons (Fsp3) is 0.367. The van der Waals surface area contributed by atoms with Crippen molar-refractivity contribution in [1.82, 2.24) is 4.98 Å². The molecule has 1 heterocycles. The van der Waals surface area contributed by atoms with E-state index in [4.69, 9.17) is 9.47 Å². The lowest BCUT2D eigenvalue weighted by molar-refractivity contribution is -0.137. The highest BCUT2D eigenvalue weighted by Gasteiger charge is 2.34. The smallest absolute Gasteiger partial charge is 0.416 e. The molecule has 1 aliphatic carbocycles. The van der Waals surface area contributed by atoms with Crippen LogP contribution in [0.5, 0.6) is 5.75 Å². The maximum atomic E-state index is 13.0. The molecule has 0 N–H and O–H groups in total. The summed E-state index contributed by atoms with van der Waals surface area (Å²) in [6.45, 7) is 7.74. The highest BCUT2D eigenvalue weighted by Crippen LogP contribution is 2.39. The van der Waals surface area contributed by atoms with Gasteiger partial charge in [0.1, 0.15) is 17.3 Å². The van der Waals surface area contributed by atoms with Gasteiger partial charge in [0.15, 0.2) is 5.60 Å². The minimum atomic E-state index is -4.35. The number of pyridine rings is 1. The number of hydrogen-bond donors (Lipinski definition) is 0. The maximum absolute atomic E-state index is 13.0. The molecule has 4 nitrogen and oxygen atoms in total. The first kappa shape index (κ1) is 28.0. The van der Waals surface area contributed by atoms with Crippen LogP contribution in [0.3, 0.4) is 0 Å². The fourth-order valence-electron chi connectivity index (χ4n) is 4.31. The highest BCUT2D eigenvalue weighted by atomic mass is 79.9. The van der Waals surface area contributed by atoms with Crippen LogP contribution in [0.1, 0.15) is 50.3 Å². The monoisotopic (exact) mass is 588 g/mol. The molecule has 1 fully saturated rings. The summed E-state index contributed by atoms with van der Waals surface area (Å²) in [4.78, 5) is 6.58. The molecular weight excluding hydrogens is 557 g/mol. The summed E-state index contributed by atoms with van der Waals surface area (Å²) in [7, 11) is 0. The number of ether oxygens (including phenoxy) is 2. The van der Waals surface area contributed by atoms with Gasteiger partial charge in [-0.1, -0.05) is 24.3 Å². The average Bonchev–Trinajstić information content (AvgIpc) is 3.71. The lowest BCUT2D eigenvalue weighted by atomic mass is 10.1. The summed E-state index contributed by atoms with van der Waals surface area (Å²) >= 11 is 3.41. The number of nitrogens with zero attached hydrogens (tertiary/aromatic N) is 2. The Labute approximate surface area is 230 Å². The van der Waals surface area contributed by atoms with Crippen LogP contribution in [-0.4, -0.2) is 23.7 Å². The zero-order chi connectivity index (χ0) is 27.3. The van der Waals surface area contributed by atoms with E-state index in [1.807, 2.05) is 57.2 Å². The summed E-state index contributed by atoms with van der Waals surface area (Å²) in [5.41, 5.74) is 2.03. The molecule has 0 aliphatic heterocycles. The van der Waals surface area contributed by atoms with Crippen molar-refractivity contribution >= 4 is 21.7 Å². The standard InChI is InChI=1S/C30H32BrF3N2O2/c1-4-37-28(23-9-10-23)29(2,3)38-26-14-7-21(8-15-26)17-18-36(27-16-13-25(31)19-35-27)20-22-5-11-24(12-6-22)30(32,33)34/h5-8,11-16,19H,4,9-10,17-18,20H2,1-3H3. The lowest BCUT2D eigenvalue weighted by Gasteiger charge is -2.29. The van der Waals surface area contributed by atoms with E-state index in [0.717, 1.165) is 64.3 Å². The van der Waals surface area contributed by atoms with Crippen molar-refractivity contribution < 1.29 is 22.6 Å². The molecule has 1 saturated carbocycles. The first-order chi connectivity index (χ1) is 18.0. The molecule has 8 heteroatoms. The van der Waals surface area contributed by atoms with Crippen molar-refractivity contribution in [2.45, 2.75) is 58.4 Å². The Morgan fingerprint density at radius 2 is 1.61 bits per heavy atom.